The van der Waals surface area contributed by atoms with E-state index in [1.807, 2.05) is 58.0 Å². The van der Waals surface area contributed by atoms with Crippen molar-refractivity contribution < 1.29 is 13.2 Å². The predicted molar refractivity (Wildman–Crippen MR) is 139 cm³/mol. The average molecular weight is 491 g/mol. The highest BCUT2D eigenvalue weighted by Gasteiger charge is 2.32. The molecule has 0 aliphatic heterocycles. The van der Waals surface area contributed by atoms with Crippen molar-refractivity contribution >= 4 is 43.3 Å². The number of ketones is 1. The van der Waals surface area contributed by atoms with Gasteiger partial charge in [0, 0.05) is 11.3 Å². The highest BCUT2D eigenvalue weighted by Crippen LogP contribution is 2.44. The van der Waals surface area contributed by atoms with Gasteiger partial charge in [0.15, 0.2) is 0 Å². The number of anilines is 3. The van der Waals surface area contributed by atoms with Gasteiger partial charge >= 0.3 is 0 Å². The van der Waals surface area contributed by atoms with Gasteiger partial charge in [0.2, 0.25) is 15.6 Å². The summed E-state index contributed by atoms with van der Waals surface area (Å²) in [4.78, 5) is 13.6. The molecular formula is C27H26N2O3S2. The first-order valence-corrected chi connectivity index (χ1v) is 13.1. The molecule has 1 heterocycles. The molecule has 0 unspecified atom stereocenters. The van der Waals surface area contributed by atoms with Crippen LogP contribution in [0.25, 0.3) is 0 Å². The molecule has 5 nitrogen and oxygen atoms in total. The summed E-state index contributed by atoms with van der Waals surface area (Å²) in [7, 11) is -3.99. The Bertz CT molecular complexity index is 1460. The van der Waals surface area contributed by atoms with Crippen LogP contribution < -0.4 is 11.1 Å². The molecule has 3 aromatic carbocycles. The van der Waals surface area contributed by atoms with E-state index in [9.17, 15) is 13.2 Å². The van der Waals surface area contributed by atoms with Crippen LogP contribution in [0.1, 0.15) is 37.5 Å². The van der Waals surface area contributed by atoms with Crippen molar-refractivity contribution in [2.75, 3.05) is 11.1 Å². The van der Waals surface area contributed by atoms with Crippen LogP contribution in [0.5, 0.6) is 0 Å². The van der Waals surface area contributed by atoms with Crippen LogP contribution >= 0.6 is 11.3 Å². The molecule has 34 heavy (non-hydrogen) atoms. The summed E-state index contributed by atoms with van der Waals surface area (Å²) in [5.41, 5.74) is 11.5. The summed E-state index contributed by atoms with van der Waals surface area (Å²) in [5, 5.41) is 3.61. The Labute approximate surface area is 204 Å². The van der Waals surface area contributed by atoms with Crippen LogP contribution in [0.2, 0.25) is 0 Å². The minimum absolute atomic E-state index is 0.0371. The van der Waals surface area contributed by atoms with Crippen LogP contribution in [-0.2, 0) is 9.84 Å². The summed E-state index contributed by atoms with van der Waals surface area (Å²) >= 11 is 1.07. The van der Waals surface area contributed by atoms with Crippen molar-refractivity contribution in [1.29, 1.82) is 0 Å². The fourth-order valence-electron chi connectivity index (χ4n) is 3.74. The van der Waals surface area contributed by atoms with Crippen LogP contribution in [0.4, 0.5) is 16.4 Å². The lowest BCUT2D eigenvalue weighted by atomic mass is 10.1. The van der Waals surface area contributed by atoms with Crippen molar-refractivity contribution in [3.8, 4) is 0 Å². The summed E-state index contributed by atoms with van der Waals surface area (Å²) in [6, 6.07) is 19.6. The molecule has 0 aliphatic rings. The molecule has 0 saturated heterocycles. The van der Waals surface area contributed by atoms with E-state index < -0.39 is 9.84 Å². The van der Waals surface area contributed by atoms with Crippen molar-refractivity contribution in [1.82, 2.24) is 0 Å². The zero-order chi connectivity index (χ0) is 24.6. The second-order valence-electron chi connectivity index (χ2n) is 8.41. The average Bonchev–Trinajstić information content (AvgIpc) is 3.13. The minimum atomic E-state index is -3.99. The molecule has 0 bridgehead atoms. The molecular weight excluding hydrogens is 464 g/mol. The van der Waals surface area contributed by atoms with Crippen molar-refractivity contribution in [2.24, 2.45) is 0 Å². The molecule has 174 valence electrons. The maximum Gasteiger partial charge on any atom is 0.211 e. The van der Waals surface area contributed by atoms with Gasteiger partial charge in [-0.2, -0.15) is 0 Å². The first kappa shape index (κ1) is 23.7. The number of aryl methyl sites for hydroxylation is 4. The van der Waals surface area contributed by atoms with Crippen LogP contribution in [-0.4, -0.2) is 14.2 Å². The Morgan fingerprint density at radius 2 is 1.35 bits per heavy atom. The summed E-state index contributed by atoms with van der Waals surface area (Å²) in [6.07, 6.45) is 0. The molecule has 4 aromatic rings. The molecule has 0 saturated carbocycles. The van der Waals surface area contributed by atoms with Crippen molar-refractivity contribution in [3.63, 3.8) is 0 Å². The van der Waals surface area contributed by atoms with E-state index in [1.54, 1.807) is 36.4 Å². The number of nitrogen functional groups attached to an aromatic ring is 1. The zero-order valence-corrected chi connectivity index (χ0v) is 21.1. The van der Waals surface area contributed by atoms with Crippen LogP contribution in [0.15, 0.2) is 76.5 Å². The number of carbonyl (C=O) groups is 1. The fourth-order valence-corrected chi connectivity index (χ4v) is 6.66. The monoisotopic (exact) mass is 490 g/mol. The minimum Gasteiger partial charge on any atom is -0.396 e. The number of sulfone groups is 1. The number of hydrogen-bond donors (Lipinski definition) is 2. The summed E-state index contributed by atoms with van der Waals surface area (Å²) in [6.45, 7) is 7.71. The third-order valence-electron chi connectivity index (χ3n) is 5.74. The van der Waals surface area contributed by atoms with Crippen LogP contribution in [0, 0.1) is 27.7 Å². The molecule has 3 N–H and O–H groups in total. The topological polar surface area (TPSA) is 89.3 Å². The summed E-state index contributed by atoms with van der Waals surface area (Å²) in [5.74, 6) is -0.308. The van der Waals surface area contributed by atoms with E-state index in [1.165, 1.54) is 0 Å². The maximum atomic E-state index is 13.7. The van der Waals surface area contributed by atoms with Gasteiger partial charge in [-0.15, -0.1) is 11.3 Å². The van der Waals surface area contributed by atoms with Gasteiger partial charge in [0.1, 0.15) is 14.8 Å². The number of thiophene rings is 1. The highest BCUT2D eigenvalue weighted by atomic mass is 32.2. The molecule has 7 heteroatoms. The van der Waals surface area contributed by atoms with Crippen LogP contribution in [0.3, 0.4) is 0 Å². The number of nitrogens with one attached hydrogen (secondary N) is 1. The molecule has 0 atom stereocenters. The maximum absolute atomic E-state index is 13.7. The van der Waals surface area contributed by atoms with Gasteiger partial charge in [-0.3, -0.25) is 4.79 Å². The lowest BCUT2D eigenvalue weighted by molar-refractivity contribution is 0.104. The van der Waals surface area contributed by atoms with Gasteiger partial charge in [-0.1, -0.05) is 65.7 Å². The zero-order valence-electron chi connectivity index (χ0n) is 19.5. The van der Waals surface area contributed by atoms with Gasteiger partial charge in [-0.05, 0) is 51.0 Å². The molecule has 0 spiro atoms. The Balaban J connectivity index is 1.91. The normalized spacial score (nSPS) is 11.4. The van der Waals surface area contributed by atoms with E-state index >= 15 is 0 Å². The second-order valence-corrected chi connectivity index (χ2v) is 11.3. The molecule has 0 fully saturated rings. The Morgan fingerprint density at radius 1 is 0.824 bits per heavy atom. The van der Waals surface area contributed by atoms with Crippen molar-refractivity contribution in [3.05, 3.63) is 99.4 Å². The standard InChI is InChI=1S/C27H26N2O3S2/c1-16-8-12-20(13-9-16)24(30)25-22(28)26(34(31,32)21-14-10-17(2)11-15-21)27(33-25)29-23-18(3)6-5-7-19(23)4/h5-15,29H,28H2,1-4H3. The first-order valence-electron chi connectivity index (χ1n) is 10.8. The first-order chi connectivity index (χ1) is 16.1. The van der Waals surface area contributed by atoms with Gasteiger partial charge < -0.3 is 11.1 Å². The number of benzene rings is 3. The van der Waals surface area contributed by atoms with Gasteiger partial charge in [0.05, 0.1) is 10.6 Å². The van der Waals surface area contributed by atoms with E-state index in [0.29, 0.717) is 10.6 Å². The Kier molecular flexibility index (Phi) is 6.34. The lowest BCUT2D eigenvalue weighted by Crippen LogP contribution is -2.08. The van der Waals surface area contributed by atoms with Crippen molar-refractivity contribution in [2.45, 2.75) is 37.5 Å². The van der Waals surface area contributed by atoms with E-state index in [0.717, 1.165) is 39.3 Å². The van der Waals surface area contributed by atoms with E-state index in [-0.39, 0.29) is 26.1 Å². The number of hydrogen-bond acceptors (Lipinski definition) is 6. The van der Waals surface area contributed by atoms with E-state index in [4.69, 9.17) is 5.73 Å². The highest BCUT2D eigenvalue weighted by molar-refractivity contribution is 7.92. The number of carbonyl (C=O) groups excluding carboxylic acids is 1. The smallest absolute Gasteiger partial charge is 0.211 e. The van der Waals surface area contributed by atoms with E-state index in [2.05, 4.69) is 5.32 Å². The third kappa shape index (κ3) is 4.36. The lowest BCUT2D eigenvalue weighted by Gasteiger charge is -2.13. The van der Waals surface area contributed by atoms with Gasteiger partial charge in [0.25, 0.3) is 0 Å². The predicted octanol–water partition coefficient (Wildman–Crippen LogP) is 6.37. The molecule has 0 amide bonds. The van der Waals surface area contributed by atoms with Gasteiger partial charge in [-0.25, -0.2) is 8.42 Å². The molecule has 0 radical (unpaired) electrons. The second kappa shape index (κ2) is 9.08. The fraction of sp³-hybridized carbons (Fsp3) is 0.148. The molecule has 4 rings (SSSR count). The molecule has 0 aliphatic carbocycles. The number of nitrogens with two attached hydrogens (primary N) is 1. The largest absolute Gasteiger partial charge is 0.396 e. The number of para-hydroxylation sites is 1. The Hall–Kier alpha value is -3.42. The number of rotatable bonds is 6. The SMILES string of the molecule is Cc1ccc(C(=O)c2sc(Nc3c(C)cccc3C)c(S(=O)(=O)c3ccc(C)cc3)c2N)cc1. The molecule has 1 aromatic heterocycles. The summed E-state index contributed by atoms with van der Waals surface area (Å²) < 4.78 is 27.5. The Morgan fingerprint density at radius 3 is 1.91 bits per heavy atom. The quantitative estimate of drug-likeness (QED) is 0.307. The third-order valence-corrected chi connectivity index (χ3v) is 8.84.